The van der Waals surface area contributed by atoms with Gasteiger partial charge in [-0.25, -0.2) is 0 Å². The van der Waals surface area contributed by atoms with Crippen LogP contribution in [0.25, 0.3) is 0 Å². The van der Waals surface area contributed by atoms with Crippen molar-refractivity contribution in [3.05, 3.63) is 53.6 Å². The summed E-state index contributed by atoms with van der Waals surface area (Å²) in [4.78, 5) is 2.37. The Hall–Kier alpha value is -1.96. The van der Waals surface area contributed by atoms with Crippen LogP contribution in [0.4, 0.5) is 17.1 Å². The van der Waals surface area contributed by atoms with E-state index >= 15 is 0 Å². The molecule has 0 spiro atoms. The van der Waals surface area contributed by atoms with E-state index in [0.717, 1.165) is 24.3 Å². The van der Waals surface area contributed by atoms with Crippen LogP contribution in [0.5, 0.6) is 0 Å². The molecule has 0 fully saturated rings. The summed E-state index contributed by atoms with van der Waals surface area (Å²) in [6.07, 6.45) is 3.56. The van der Waals surface area contributed by atoms with Gasteiger partial charge in [0.15, 0.2) is 0 Å². The van der Waals surface area contributed by atoms with Crippen molar-refractivity contribution in [1.82, 2.24) is 0 Å². The van der Waals surface area contributed by atoms with Crippen LogP contribution in [0, 0.1) is 0 Å². The van der Waals surface area contributed by atoms with Crippen molar-refractivity contribution in [1.29, 1.82) is 0 Å². The number of rotatable bonds is 4. The van der Waals surface area contributed by atoms with Crippen LogP contribution in [0.1, 0.15) is 65.0 Å². The summed E-state index contributed by atoms with van der Waals surface area (Å²) in [6.45, 7) is 12.7. The number of fused-ring (bicyclic) bond motifs is 1. The van der Waals surface area contributed by atoms with Gasteiger partial charge in [0.05, 0.1) is 11.4 Å². The minimum absolute atomic E-state index is 0.223. The van der Waals surface area contributed by atoms with Crippen molar-refractivity contribution in [2.45, 2.75) is 64.7 Å². The monoisotopic (exact) mass is 336 g/mol. The average Bonchev–Trinajstić information content (AvgIpc) is 2.58. The lowest BCUT2D eigenvalue weighted by Gasteiger charge is -2.42. The predicted molar refractivity (Wildman–Crippen MR) is 110 cm³/mol. The van der Waals surface area contributed by atoms with Crippen LogP contribution >= 0.6 is 0 Å². The fourth-order valence-corrected chi connectivity index (χ4v) is 4.09. The maximum absolute atomic E-state index is 6.28. The quantitative estimate of drug-likeness (QED) is 0.677. The molecule has 0 radical (unpaired) electrons. The molecule has 1 aliphatic carbocycles. The molecule has 0 unspecified atom stereocenters. The first-order valence-corrected chi connectivity index (χ1v) is 9.53. The number of hydrogen-bond donors (Lipinski definition) is 1. The molecule has 0 heterocycles. The number of nitrogen functional groups attached to an aromatic ring is 1. The van der Waals surface area contributed by atoms with Crippen LogP contribution in [-0.4, -0.2) is 6.54 Å². The van der Waals surface area contributed by atoms with E-state index in [4.69, 9.17) is 5.73 Å². The molecule has 2 aromatic rings. The van der Waals surface area contributed by atoms with Gasteiger partial charge in [0, 0.05) is 12.2 Å². The molecule has 0 aromatic heterocycles. The van der Waals surface area contributed by atoms with E-state index in [1.165, 1.54) is 29.7 Å². The Bertz CT molecular complexity index is 758. The van der Waals surface area contributed by atoms with Crippen LogP contribution in [0.2, 0.25) is 0 Å². The fourth-order valence-electron chi connectivity index (χ4n) is 4.09. The summed E-state index contributed by atoms with van der Waals surface area (Å²) in [5, 5.41) is 0. The molecule has 134 valence electrons. The second kappa shape index (κ2) is 6.40. The SMILES string of the molecule is CCCN(c1ccc2c(c1)C(C)(C)CCC2(C)C)c1ccccc1N. The van der Waals surface area contributed by atoms with Gasteiger partial charge >= 0.3 is 0 Å². The standard InChI is InChI=1S/C23H32N2/c1-6-15-25(21-10-8-7-9-20(21)24)17-11-12-18-19(16-17)23(4,5)14-13-22(18,2)3/h7-12,16H,6,13-15,24H2,1-5H3. The Labute approximate surface area is 153 Å². The molecule has 0 amide bonds. The van der Waals surface area contributed by atoms with Gasteiger partial charge in [0.25, 0.3) is 0 Å². The van der Waals surface area contributed by atoms with E-state index in [1.54, 1.807) is 0 Å². The van der Waals surface area contributed by atoms with Gasteiger partial charge < -0.3 is 10.6 Å². The van der Waals surface area contributed by atoms with Gasteiger partial charge in [0.1, 0.15) is 0 Å². The summed E-state index contributed by atoms with van der Waals surface area (Å²) in [7, 11) is 0. The second-order valence-electron chi connectivity index (χ2n) is 8.71. The van der Waals surface area contributed by atoms with Gasteiger partial charge in [0.2, 0.25) is 0 Å². The predicted octanol–water partition coefficient (Wildman–Crippen LogP) is 6.17. The van der Waals surface area contributed by atoms with Crippen LogP contribution in [0.3, 0.4) is 0 Å². The summed E-state index contributed by atoms with van der Waals surface area (Å²) < 4.78 is 0. The first kappa shape index (κ1) is 17.8. The lowest BCUT2D eigenvalue weighted by atomic mass is 9.63. The molecule has 0 saturated carbocycles. The Morgan fingerprint density at radius 2 is 1.56 bits per heavy atom. The number of hydrogen-bond acceptors (Lipinski definition) is 2. The van der Waals surface area contributed by atoms with Crippen LogP contribution in [0.15, 0.2) is 42.5 Å². The molecule has 0 aliphatic heterocycles. The number of nitrogens with zero attached hydrogens (tertiary/aromatic N) is 1. The van der Waals surface area contributed by atoms with Crippen molar-refractivity contribution < 1.29 is 0 Å². The molecule has 2 heteroatoms. The van der Waals surface area contributed by atoms with Crippen molar-refractivity contribution >= 4 is 17.1 Å². The highest BCUT2D eigenvalue weighted by atomic mass is 15.1. The molecule has 25 heavy (non-hydrogen) atoms. The van der Waals surface area contributed by atoms with Crippen LogP contribution in [-0.2, 0) is 10.8 Å². The van der Waals surface area contributed by atoms with E-state index in [0.29, 0.717) is 0 Å². The molecular formula is C23H32N2. The van der Waals surface area contributed by atoms with E-state index in [9.17, 15) is 0 Å². The number of benzene rings is 2. The summed E-state index contributed by atoms with van der Waals surface area (Å²) in [5.41, 5.74) is 13.0. The third kappa shape index (κ3) is 3.27. The third-order valence-corrected chi connectivity index (χ3v) is 5.82. The molecule has 0 bridgehead atoms. The lowest BCUT2D eigenvalue weighted by Crippen LogP contribution is -2.34. The van der Waals surface area contributed by atoms with Gasteiger partial charge in [-0.3, -0.25) is 0 Å². The number of anilines is 3. The summed E-state index contributed by atoms with van der Waals surface area (Å²) in [5.74, 6) is 0. The van der Waals surface area contributed by atoms with Crippen molar-refractivity contribution in [2.24, 2.45) is 0 Å². The van der Waals surface area contributed by atoms with Crippen molar-refractivity contribution in [3.8, 4) is 0 Å². The maximum atomic E-state index is 6.28. The van der Waals surface area contributed by atoms with Crippen molar-refractivity contribution in [2.75, 3.05) is 17.2 Å². The zero-order chi connectivity index (χ0) is 18.2. The second-order valence-corrected chi connectivity index (χ2v) is 8.71. The fraction of sp³-hybridized carbons (Fsp3) is 0.478. The highest BCUT2D eigenvalue weighted by Gasteiger charge is 2.37. The molecule has 1 aliphatic rings. The molecule has 2 aromatic carbocycles. The molecule has 2 N–H and O–H groups in total. The molecule has 3 rings (SSSR count). The van der Waals surface area contributed by atoms with Gasteiger partial charge in [-0.15, -0.1) is 0 Å². The number of nitrogens with two attached hydrogens (primary N) is 1. The van der Waals surface area contributed by atoms with E-state index in [-0.39, 0.29) is 10.8 Å². The molecule has 2 nitrogen and oxygen atoms in total. The number of para-hydroxylation sites is 2. The minimum Gasteiger partial charge on any atom is -0.397 e. The van der Waals surface area contributed by atoms with E-state index in [2.05, 4.69) is 69.9 Å². The van der Waals surface area contributed by atoms with E-state index in [1.807, 2.05) is 12.1 Å². The average molecular weight is 337 g/mol. The molecule has 0 saturated heterocycles. The Morgan fingerprint density at radius 1 is 0.920 bits per heavy atom. The first-order chi connectivity index (χ1) is 11.8. The largest absolute Gasteiger partial charge is 0.397 e. The normalized spacial score (nSPS) is 17.8. The Kier molecular flexibility index (Phi) is 4.57. The highest BCUT2D eigenvalue weighted by molar-refractivity contribution is 5.75. The van der Waals surface area contributed by atoms with Gasteiger partial charge in [-0.05, 0) is 65.5 Å². The van der Waals surface area contributed by atoms with Crippen LogP contribution < -0.4 is 10.6 Å². The third-order valence-electron chi connectivity index (χ3n) is 5.82. The van der Waals surface area contributed by atoms with E-state index < -0.39 is 0 Å². The smallest absolute Gasteiger partial charge is 0.0644 e. The molecule has 0 atom stereocenters. The topological polar surface area (TPSA) is 29.3 Å². The van der Waals surface area contributed by atoms with Gasteiger partial charge in [-0.2, -0.15) is 0 Å². The van der Waals surface area contributed by atoms with Crippen molar-refractivity contribution in [3.63, 3.8) is 0 Å². The van der Waals surface area contributed by atoms with Gasteiger partial charge in [-0.1, -0.05) is 52.8 Å². The Balaban J connectivity index is 2.12. The Morgan fingerprint density at radius 3 is 2.20 bits per heavy atom. The first-order valence-electron chi connectivity index (χ1n) is 9.53. The zero-order valence-electron chi connectivity index (χ0n) is 16.4. The summed E-state index contributed by atoms with van der Waals surface area (Å²) >= 11 is 0. The zero-order valence-corrected chi connectivity index (χ0v) is 16.4. The summed E-state index contributed by atoms with van der Waals surface area (Å²) in [6, 6.07) is 15.2. The highest BCUT2D eigenvalue weighted by Crippen LogP contribution is 2.47. The lowest BCUT2D eigenvalue weighted by molar-refractivity contribution is 0.332. The molecular weight excluding hydrogens is 304 g/mol. The minimum atomic E-state index is 0.223. The maximum Gasteiger partial charge on any atom is 0.0644 e.